The van der Waals surface area contributed by atoms with Crippen LogP contribution >= 0.6 is 0 Å². The predicted molar refractivity (Wildman–Crippen MR) is 428 cm³/mol. The van der Waals surface area contributed by atoms with Gasteiger partial charge >= 0.3 is 0 Å². The molecule has 0 heterocycles. The Kier molecular flexibility index (Phi) is 22.7. The lowest BCUT2D eigenvalue weighted by atomic mass is 9.78. The topological polar surface area (TPSA) is 6.48 Å². The van der Waals surface area contributed by atoms with Gasteiger partial charge in [-0.3, -0.25) is 0 Å². The molecule has 0 aliphatic carbocycles. The Morgan fingerprint density at radius 1 is 0.245 bits per heavy atom. The molecule has 0 saturated heterocycles. The number of benzene rings is 12. The molecular formula is C96H104N2. The summed E-state index contributed by atoms with van der Waals surface area (Å²) in [5.41, 5.74) is 25.6. The summed E-state index contributed by atoms with van der Waals surface area (Å²) in [5, 5.41) is 5.28. The van der Waals surface area contributed by atoms with Crippen LogP contribution in [-0.4, -0.2) is 0 Å². The van der Waals surface area contributed by atoms with Crippen LogP contribution < -0.4 is 9.80 Å². The molecule has 98 heavy (non-hydrogen) atoms. The fourth-order valence-corrected chi connectivity index (χ4v) is 15.2. The fourth-order valence-electron chi connectivity index (χ4n) is 15.2. The predicted octanol–water partition coefficient (Wildman–Crippen LogP) is 29.2. The van der Waals surface area contributed by atoms with Crippen LogP contribution in [0, 0.1) is 0 Å². The van der Waals surface area contributed by atoms with Gasteiger partial charge in [-0.2, -0.15) is 0 Å². The van der Waals surface area contributed by atoms with E-state index in [9.17, 15) is 0 Å². The molecule has 0 aliphatic rings. The van der Waals surface area contributed by atoms with Crippen molar-refractivity contribution in [2.45, 2.75) is 182 Å². The summed E-state index contributed by atoms with van der Waals surface area (Å²) in [5.74, 6) is 0. The molecule has 0 saturated carbocycles. The molecule has 0 unspecified atom stereocenters. The van der Waals surface area contributed by atoms with Crippen LogP contribution in [0.4, 0.5) is 34.1 Å². The largest absolute Gasteiger partial charge is 0.311 e. The van der Waals surface area contributed by atoms with E-state index < -0.39 is 0 Å². The van der Waals surface area contributed by atoms with Gasteiger partial charge in [0.15, 0.2) is 0 Å². The van der Waals surface area contributed by atoms with Crippen LogP contribution in [0.1, 0.15) is 180 Å². The molecule has 0 aromatic heterocycles. The number of nitrogens with zero attached hydrogens (tertiary/aromatic N) is 2. The summed E-state index contributed by atoms with van der Waals surface area (Å²) >= 11 is 0. The van der Waals surface area contributed by atoms with Crippen LogP contribution in [0.15, 0.2) is 267 Å². The second-order valence-electron chi connectivity index (χ2n) is 28.3. The molecule has 0 N–H and O–H groups in total. The van der Waals surface area contributed by atoms with Crippen molar-refractivity contribution in [1.82, 2.24) is 0 Å². The Morgan fingerprint density at radius 2 is 0.500 bits per heavy atom. The average Bonchev–Trinajstić information content (AvgIpc) is 0.734. The lowest BCUT2D eigenvalue weighted by molar-refractivity contribution is 0.439. The van der Waals surface area contributed by atoms with Gasteiger partial charge in [0.2, 0.25) is 0 Å². The van der Waals surface area contributed by atoms with Gasteiger partial charge in [-0.1, -0.05) is 302 Å². The molecule has 2 heteroatoms. The quantitative estimate of drug-likeness (QED) is 0.0400. The summed E-state index contributed by atoms with van der Waals surface area (Å²) in [6.07, 6.45) is 21.5. The van der Waals surface area contributed by atoms with E-state index in [1.165, 1.54) is 164 Å². The molecule has 498 valence electrons. The van der Waals surface area contributed by atoms with E-state index in [1.807, 2.05) is 0 Å². The molecule has 2 nitrogen and oxygen atoms in total. The Hall–Kier alpha value is -9.24. The minimum Gasteiger partial charge on any atom is -0.311 e. The highest BCUT2D eigenvalue weighted by Gasteiger charge is 2.27. The standard InChI is InChI=1S/C96H104N2/c1-9-15-17-19-21-25-39-77-69-91(75-49-61-83(62-50-75)97(85-65-53-79(54-66-85)95(7,11-3)12-4)81-57-45-73(46-58-81)71-35-27-23-28-36-71)87-41-31-33-43-89(87)93(77)94-78(40-26-22-20-18-16-10-2)70-92(88-42-32-34-44-90(88)94)76-51-63-84(64-52-76)98(86-67-55-80(56-68-86)96(8,13-5)14-6)82-59-47-74(48-60-82)72-37-29-24-30-38-72/h23-24,27-38,41-70H,9-22,25-26,39-40H2,1-8H3. The van der Waals surface area contributed by atoms with E-state index >= 15 is 0 Å². The van der Waals surface area contributed by atoms with Crippen molar-refractivity contribution >= 4 is 55.7 Å². The van der Waals surface area contributed by atoms with E-state index in [0.717, 1.165) is 85.5 Å². The Balaban J connectivity index is 0.971. The van der Waals surface area contributed by atoms with E-state index in [2.05, 4.69) is 332 Å². The van der Waals surface area contributed by atoms with Crippen molar-refractivity contribution in [2.24, 2.45) is 0 Å². The SMILES string of the molecule is CCCCCCCCc1cc(-c2ccc(N(c3ccc(-c4ccccc4)cc3)c3ccc(C(C)(CC)CC)cc3)cc2)c2ccccc2c1-c1c(CCCCCCCC)cc(-c2ccc(N(c3ccc(-c4ccccc4)cc3)c3ccc(C(C)(CC)CC)cc3)cc2)c2ccccc12. The van der Waals surface area contributed by atoms with Gasteiger partial charge in [-0.05, 0) is 247 Å². The summed E-state index contributed by atoms with van der Waals surface area (Å²) in [4.78, 5) is 4.87. The molecule has 0 bridgehead atoms. The summed E-state index contributed by atoms with van der Waals surface area (Å²) < 4.78 is 0. The first-order valence-electron chi connectivity index (χ1n) is 37.5. The van der Waals surface area contributed by atoms with Crippen LogP contribution in [-0.2, 0) is 23.7 Å². The highest BCUT2D eigenvalue weighted by molar-refractivity contribution is 6.14. The van der Waals surface area contributed by atoms with Crippen molar-refractivity contribution in [3.63, 3.8) is 0 Å². The molecule has 0 radical (unpaired) electrons. The number of hydrogen-bond acceptors (Lipinski definition) is 2. The van der Waals surface area contributed by atoms with Crippen molar-refractivity contribution in [2.75, 3.05) is 9.80 Å². The molecule has 12 aromatic rings. The highest BCUT2D eigenvalue weighted by atomic mass is 15.1. The zero-order valence-corrected chi connectivity index (χ0v) is 60.0. The third kappa shape index (κ3) is 15.2. The van der Waals surface area contributed by atoms with Crippen molar-refractivity contribution in [1.29, 1.82) is 0 Å². The van der Waals surface area contributed by atoms with Crippen molar-refractivity contribution in [3.8, 4) is 55.6 Å². The van der Waals surface area contributed by atoms with Gasteiger partial charge in [0, 0.05) is 34.1 Å². The minimum absolute atomic E-state index is 0.135. The monoisotopic (exact) mass is 1280 g/mol. The molecule has 0 aliphatic heterocycles. The van der Waals surface area contributed by atoms with E-state index in [1.54, 1.807) is 0 Å². The second kappa shape index (κ2) is 32.4. The highest BCUT2D eigenvalue weighted by Crippen LogP contribution is 2.48. The first kappa shape index (κ1) is 68.7. The number of unbranched alkanes of at least 4 members (excludes halogenated alkanes) is 10. The van der Waals surface area contributed by atoms with Crippen molar-refractivity contribution in [3.05, 3.63) is 289 Å². The number of fused-ring (bicyclic) bond motifs is 2. The van der Waals surface area contributed by atoms with Gasteiger partial charge < -0.3 is 9.80 Å². The zero-order valence-electron chi connectivity index (χ0n) is 60.0. The van der Waals surface area contributed by atoms with Crippen molar-refractivity contribution < 1.29 is 0 Å². The van der Waals surface area contributed by atoms with Gasteiger partial charge in [0.05, 0.1) is 0 Å². The third-order valence-electron chi connectivity index (χ3n) is 22.2. The normalized spacial score (nSPS) is 11.8. The number of anilines is 6. The maximum atomic E-state index is 2.62. The summed E-state index contributed by atoms with van der Waals surface area (Å²) in [6.45, 7) is 18.7. The fraction of sp³-hybridized carbons (Fsp3) is 0.292. The minimum atomic E-state index is 0.135. The summed E-state index contributed by atoms with van der Waals surface area (Å²) in [6, 6.07) is 102. The Morgan fingerprint density at radius 3 is 0.806 bits per heavy atom. The van der Waals surface area contributed by atoms with Crippen LogP contribution in [0.2, 0.25) is 0 Å². The number of rotatable bonds is 31. The van der Waals surface area contributed by atoms with Gasteiger partial charge in [0.25, 0.3) is 0 Å². The Bertz CT molecular complexity index is 4190. The van der Waals surface area contributed by atoms with Gasteiger partial charge in [0.1, 0.15) is 0 Å². The smallest absolute Gasteiger partial charge is 0.0462 e. The average molecular weight is 1290 g/mol. The van der Waals surface area contributed by atoms with Crippen LogP contribution in [0.25, 0.3) is 77.2 Å². The first-order chi connectivity index (χ1) is 48.1. The molecular weight excluding hydrogens is 1180 g/mol. The maximum Gasteiger partial charge on any atom is 0.0462 e. The lowest BCUT2D eigenvalue weighted by Gasteiger charge is -2.30. The molecule has 0 fully saturated rings. The molecule has 12 aromatic carbocycles. The number of aryl methyl sites for hydroxylation is 2. The number of hydrogen-bond donors (Lipinski definition) is 0. The molecule has 0 spiro atoms. The molecule has 0 amide bonds. The lowest BCUT2D eigenvalue weighted by Crippen LogP contribution is -2.19. The molecule has 0 atom stereocenters. The second-order valence-corrected chi connectivity index (χ2v) is 28.3. The van der Waals surface area contributed by atoms with E-state index in [-0.39, 0.29) is 10.8 Å². The van der Waals surface area contributed by atoms with Crippen LogP contribution in [0.5, 0.6) is 0 Å². The van der Waals surface area contributed by atoms with E-state index in [0.29, 0.717) is 0 Å². The van der Waals surface area contributed by atoms with Crippen LogP contribution in [0.3, 0.4) is 0 Å². The van der Waals surface area contributed by atoms with E-state index in [4.69, 9.17) is 0 Å². The zero-order chi connectivity index (χ0) is 67.9. The molecule has 12 rings (SSSR count). The first-order valence-corrected chi connectivity index (χ1v) is 37.5. The third-order valence-corrected chi connectivity index (χ3v) is 22.2. The van der Waals surface area contributed by atoms with Gasteiger partial charge in [-0.15, -0.1) is 0 Å². The maximum absolute atomic E-state index is 2.62. The van der Waals surface area contributed by atoms with Gasteiger partial charge in [-0.25, -0.2) is 0 Å². The summed E-state index contributed by atoms with van der Waals surface area (Å²) in [7, 11) is 0. The Labute approximate surface area is 588 Å².